The smallest absolute Gasteiger partial charge is 0.191 e. The molecule has 3 aromatic rings. The van der Waals surface area contributed by atoms with Crippen LogP contribution < -0.4 is 10.6 Å². The molecule has 0 atom stereocenters. The number of hydrogen-bond donors (Lipinski definition) is 2. The lowest BCUT2D eigenvalue weighted by Gasteiger charge is -2.11. The average molecular weight is 510 g/mol. The van der Waals surface area contributed by atoms with Gasteiger partial charge in [-0.1, -0.05) is 30.3 Å². The van der Waals surface area contributed by atoms with Crippen LogP contribution >= 0.6 is 35.3 Å². The molecule has 0 spiro atoms. The summed E-state index contributed by atoms with van der Waals surface area (Å²) < 4.78 is 2.14. The predicted octanol–water partition coefficient (Wildman–Crippen LogP) is 3.61. The van der Waals surface area contributed by atoms with E-state index in [1.807, 2.05) is 25.4 Å². The fourth-order valence-corrected chi connectivity index (χ4v) is 3.39. The van der Waals surface area contributed by atoms with Gasteiger partial charge < -0.3 is 15.2 Å². The van der Waals surface area contributed by atoms with Crippen LogP contribution in [-0.2, 0) is 19.5 Å². The second kappa shape index (κ2) is 11.8. The zero-order valence-corrected chi connectivity index (χ0v) is 19.4. The van der Waals surface area contributed by atoms with E-state index in [0.717, 1.165) is 48.5 Å². The van der Waals surface area contributed by atoms with Gasteiger partial charge >= 0.3 is 0 Å². The molecule has 0 saturated heterocycles. The Labute approximate surface area is 187 Å². The molecular weight excluding hydrogens is 483 g/mol. The zero-order chi connectivity index (χ0) is 18.9. The summed E-state index contributed by atoms with van der Waals surface area (Å²) in [5, 5.41) is 9.89. The molecule has 0 bridgehead atoms. The number of aryl methyl sites for hydroxylation is 1. The standard InChI is InChI=1S/C20H26N6S.HI/c1-3-21-20(23-10-9-18-15-27-16(2)25-18)24-13-19-22-11-12-26(19)14-17-7-5-4-6-8-17;/h4-8,11-12,15H,3,9-10,13-14H2,1-2H3,(H2,21,23,24);1H. The van der Waals surface area contributed by atoms with Crippen molar-refractivity contribution in [2.24, 2.45) is 4.99 Å². The number of rotatable bonds is 8. The highest BCUT2D eigenvalue weighted by Gasteiger charge is 2.05. The van der Waals surface area contributed by atoms with Crippen LogP contribution in [0.1, 0.15) is 29.0 Å². The Morgan fingerprint density at radius 2 is 2.04 bits per heavy atom. The third-order valence-electron chi connectivity index (χ3n) is 4.06. The first-order valence-corrected chi connectivity index (χ1v) is 10.1. The first-order chi connectivity index (χ1) is 13.2. The van der Waals surface area contributed by atoms with E-state index in [1.54, 1.807) is 11.3 Å². The van der Waals surface area contributed by atoms with Gasteiger partial charge in [0.05, 0.1) is 10.7 Å². The van der Waals surface area contributed by atoms with E-state index in [-0.39, 0.29) is 24.0 Å². The summed E-state index contributed by atoms with van der Waals surface area (Å²) in [5.74, 6) is 1.75. The Kier molecular flexibility index (Phi) is 9.42. The van der Waals surface area contributed by atoms with Crippen LogP contribution in [0.15, 0.2) is 53.1 Å². The molecule has 0 aliphatic carbocycles. The molecule has 150 valence electrons. The van der Waals surface area contributed by atoms with Crippen molar-refractivity contribution >= 4 is 41.3 Å². The molecule has 0 radical (unpaired) electrons. The molecule has 2 aromatic heterocycles. The maximum absolute atomic E-state index is 4.69. The van der Waals surface area contributed by atoms with E-state index in [2.05, 4.69) is 66.7 Å². The van der Waals surface area contributed by atoms with Gasteiger partial charge in [0.15, 0.2) is 5.96 Å². The van der Waals surface area contributed by atoms with E-state index in [9.17, 15) is 0 Å². The maximum atomic E-state index is 4.69. The molecule has 3 rings (SSSR count). The van der Waals surface area contributed by atoms with Crippen molar-refractivity contribution in [2.45, 2.75) is 33.4 Å². The number of hydrogen-bond acceptors (Lipinski definition) is 4. The van der Waals surface area contributed by atoms with Crippen LogP contribution in [0.3, 0.4) is 0 Å². The van der Waals surface area contributed by atoms with Gasteiger partial charge in [0.25, 0.3) is 0 Å². The first-order valence-electron chi connectivity index (χ1n) is 9.21. The molecule has 28 heavy (non-hydrogen) atoms. The monoisotopic (exact) mass is 510 g/mol. The summed E-state index contributed by atoms with van der Waals surface area (Å²) in [5.41, 5.74) is 2.38. The molecule has 0 aliphatic rings. The third-order valence-corrected chi connectivity index (χ3v) is 4.88. The van der Waals surface area contributed by atoms with E-state index in [1.165, 1.54) is 5.56 Å². The number of nitrogens with one attached hydrogen (secondary N) is 2. The van der Waals surface area contributed by atoms with Crippen LogP contribution in [0.25, 0.3) is 0 Å². The van der Waals surface area contributed by atoms with Crippen molar-refractivity contribution in [1.82, 2.24) is 25.2 Å². The van der Waals surface area contributed by atoms with Gasteiger partial charge in [-0.05, 0) is 19.4 Å². The van der Waals surface area contributed by atoms with E-state index >= 15 is 0 Å². The van der Waals surface area contributed by atoms with Crippen LogP contribution in [0.5, 0.6) is 0 Å². The van der Waals surface area contributed by atoms with Gasteiger partial charge in [-0.2, -0.15) is 0 Å². The Morgan fingerprint density at radius 1 is 1.21 bits per heavy atom. The SMILES string of the molecule is CCNC(=NCc1nccn1Cc1ccccc1)NCCc1csc(C)n1.I. The van der Waals surface area contributed by atoms with E-state index < -0.39 is 0 Å². The van der Waals surface area contributed by atoms with Crippen molar-refractivity contribution in [3.05, 3.63) is 70.2 Å². The number of thiazole rings is 1. The third kappa shape index (κ3) is 6.90. The van der Waals surface area contributed by atoms with E-state index in [0.29, 0.717) is 6.54 Å². The molecule has 6 nitrogen and oxygen atoms in total. The van der Waals surface area contributed by atoms with Gasteiger partial charge in [-0.3, -0.25) is 0 Å². The van der Waals surface area contributed by atoms with Gasteiger partial charge in [-0.25, -0.2) is 15.0 Å². The molecular formula is C20H27IN6S. The summed E-state index contributed by atoms with van der Waals surface area (Å²) in [6, 6.07) is 10.4. The molecule has 1 aromatic carbocycles. The van der Waals surface area contributed by atoms with Gasteiger partial charge in [0.2, 0.25) is 0 Å². The number of aromatic nitrogens is 3. The van der Waals surface area contributed by atoms with Gasteiger partial charge in [-0.15, -0.1) is 35.3 Å². The molecule has 0 aliphatic heterocycles. The van der Waals surface area contributed by atoms with Crippen LogP contribution in [0, 0.1) is 6.92 Å². The van der Waals surface area contributed by atoms with Crippen molar-refractivity contribution in [2.75, 3.05) is 13.1 Å². The quantitative estimate of drug-likeness (QED) is 0.276. The highest BCUT2D eigenvalue weighted by molar-refractivity contribution is 14.0. The van der Waals surface area contributed by atoms with Crippen molar-refractivity contribution in [3.63, 3.8) is 0 Å². The van der Waals surface area contributed by atoms with Crippen LogP contribution in [-0.4, -0.2) is 33.6 Å². The lowest BCUT2D eigenvalue weighted by molar-refractivity contribution is 0.716. The van der Waals surface area contributed by atoms with Crippen molar-refractivity contribution in [1.29, 1.82) is 0 Å². The molecule has 0 amide bonds. The number of halogens is 1. The summed E-state index contributed by atoms with van der Waals surface area (Å²) >= 11 is 1.69. The van der Waals surface area contributed by atoms with Crippen molar-refractivity contribution in [3.8, 4) is 0 Å². The summed E-state index contributed by atoms with van der Waals surface area (Å²) in [7, 11) is 0. The van der Waals surface area contributed by atoms with Gasteiger partial charge in [0, 0.05) is 43.8 Å². The molecule has 2 N–H and O–H groups in total. The number of benzene rings is 1. The minimum atomic E-state index is 0. The average Bonchev–Trinajstić information content (AvgIpc) is 3.29. The maximum Gasteiger partial charge on any atom is 0.191 e. The summed E-state index contributed by atoms with van der Waals surface area (Å²) in [6.45, 7) is 7.05. The molecule has 2 heterocycles. The zero-order valence-electron chi connectivity index (χ0n) is 16.3. The Bertz CT molecular complexity index is 858. The number of imidazole rings is 1. The Balaban J connectivity index is 0.00000280. The summed E-state index contributed by atoms with van der Waals surface area (Å²) in [6.07, 6.45) is 4.72. The Hall–Kier alpha value is -1.94. The lowest BCUT2D eigenvalue weighted by atomic mass is 10.2. The molecule has 0 unspecified atom stereocenters. The number of aliphatic imine (C=N–C) groups is 1. The fourth-order valence-electron chi connectivity index (χ4n) is 2.74. The lowest BCUT2D eigenvalue weighted by Crippen LogP contribution is -2.38. The van der Waals surface area contributed by atoms with E-state index in [4.69, 9.17) is 0 Å². The fraction of sp³-hybridized carbons (Fsp3) is 0.350. The predicted molar refractivity (Wildman–Crippen MR) is 127 cm³/mol. The normalized spacial score (nSPS) is 11.1. The highest BCUT2D eigenvalue weighted by atomic mass is 127. The number of nitrogens with zero attached hydrogens (tertiary/aromatic N) is 4. The second-order valence-corrected chi connectivity index (χ2v) is 7.25. The minimum Gasteiger partial charge on any atom is -0.357 e. The topological polar surface area (TPSA) is 67.1 Å². The molecule has 8 heteroatoms. The first kappa shape index (κ1) is 22.4. The minimum absolute atomic E-state index is 0. The second-order valence-electron chi connectivity index (χ2n) is 6.19. The summed E-state index contributed by atoms with van der Waals surface area (Å²) in [4.78, 5) is 13.7. The highest BCUT2D eigenvalue weighted by Crippen LogP contribution is 2.08. The van der Waals surface area contributed by atoms with Crippen molar-refractivity contribution < 1.29 is 0 Å². The molecule has 0 saturated carbocycles. The number of guanidine groups is 1. The molecule has 0 fully saturated rings. The van der Waals surface area contributed by atoms with Crippen LogP contribution in [0.2, 0.25) is 0 Å². The van der Waals surface area contributed by atoms with Crippen LogP contribution in [0.4, 0.5) is 0 Å². The largest absolute Gasteiger partial charge is 0.357 e. The van der Waals surface area contributed by atoms with Gasteiger partial charge in [0.1, 0.15) is 12.4 Å². The Morgan fingerprint density at radius 3 is 2.75 bits per heavy atom.